The molecule has 1 atom stereocenters. The number of anilines is 2. The lowest BCUT2D eigenvalue weighted by atomic mass is 10.2. The minimum atomic E-state index is -0.694. The molecule has 1 aliphatic heterocycles. The number of rotatable bonds is 3. The van der Waals surface area contributed by atoms with E-state index in [4.69, 9.17) is 11.6 Å². The van der Waals surface area contributed by atoms with E-state index in [1.807, 2.05) is 13.0 Å². The van der Waals surface area contributed by atoms with E-state index >= 15 is 0 Å². The van der Waals surface area contributed by atoms with Gasteiger partial charge in [-0.05, 0) is 31.5 Å². The Hall–Kier alpha value is -2.41. The molecule has 22 heavy (non-hydrogen) atoms. The number of carbonyl (C=O) groups is 2. The monoisotopic (exact) mass is 319 g/mol. The van der Waals surface area contributed by atoms with E-state index in [9.17, 15) is 9.59 Å². The van der Waals surface area contributed by atoms with Gasteiger partial charge in [0.25, 0.3) is 5.91 Å². The van der Waals surface area contributed by atoms with Crippen LogP contribution in [-0.4, -0.2) is 26.6 Å². The van der Waals surface area contributed by atoms with Gasteiger partial charge in [-0.15, -0.1) is 0 Å². The van der Waals surface area contributed by atoms with Crippen LogP contribution >= 0.6 is 11.6 Å². The largest absolute Gasteiger partial charge is 0.325 e. The van der Waals surface area contributed by atoms with Crippen LogP contribution in [0.4, 0.5) is 11.6 Å². The lowest BCUT2D eigenvalue weighted by Gasteiger charge is -2.11. The maximum atomic E-state index is 12.2. The average Bonchev–Trinajstić information content (AvgIpc) is 2.91. The fourth-order valence-corrected chi connectivity index (χ4v) is 2.60. The highest BCUT2D eigenvalue weighted by atomic mass is 35.5. The quantitative estimate of drug-likeness (QED) is 0.906. The number of fused-ring (bicyclic) bond motifs is 1. The Morgan fingerprint density at radius 2 is 2.23 bits per heavy atom. The van der Waals surface area contributed by atoms with Crippen LogP contribution in [0.2, 0.25) is 5.02 Å². The summed E-state index contributed by atoms with van der Waals surface area (Å²) in [6.45, 7) is 3.63. The number of carbonyl (C=O) groups excluding carboxylic acids is 2. The van der Waals surface area contributed by atoms with Crippen LogP contribution in [0.1, 0.15) is 23.9 Å². The fourth-order valence-electron chi connectivity index (χ4n) is 2.31. The van der Waals surface area contributed by atoms with E-state index in [2.05, 4.69) is 20.7 Å². The first-order valence-electron chi connectivity index (χ1n) is 6.74. The van der Waals surface area contributed by atoms with E-state index in [-0.39, 0.29) is 18.2 Å². The van der Waals surface area contributed by atoms with Crippen molar-refractivity contribution in [3.8, 4) is 0 Å². The van der Waals surface area contributed by atoms with Crippen molar-refractivity contribution in [3.05, 3.63) is 34.6 Å². The second kappa shape index (κ2) is 5.42. The number of aryl methyl sites for hydroxylation is 2. The zero-order chi connectivity index (χ0) is 15.9. The smallest absolute Gasteiger partial charge is 0.252 e. The molecule has 0 saturated heterocycles. The second-order valence-electron chi connectivity index (χ2n) is 5.17. The normalized spacial score (nSPS) is 16.3. The number of halogens is 1. The van der Waals surface area contributed by atoms with Gasteiger partial charge in [-0.1, -0.05) is 17.7 Å². The van der Waals surface area contributed by atoms with Crippen LogP contribution in [0.3, 0.4) is 0 Å². The molecule has 7 nitrogen and oxygen atoms in total. The van der Waals surface area contributed by atoms with Gasteiger partial charge in [-0.2, -0.15) is 10.1 Å². The molecule has 2 heterocycles. The fraction of sp³-hybridized carbons (Fsp3) is 0.286. The number of nitrogens with one attached hydrogen (secondary N) is 2. The van der Waals surface area contributed by atoms with Crippen LogP contribution in [-0.2, 0) is 9.59 Å². The molecule has 0 radical (unpaired) electrons. The van der Waals surface area contributed by atoms with Crippen LogP contribution in [0.15, 0.2) is 18.2 Å². The van der Waals surface area contributed by atoms with Crippen LogP contribution in [0, 0.1) is 13.8 Å². The zero-order valence-electron chi connectivity index (χ0n) is 12.1. The predicted molar refractivity (Wildman–Crippen MR) is 81.9 cm³/mol. The van der Waals surface area contributed by atoms with E-state index in [0.717, 1.165) is 5.56 Å². The van der Waals surface area contributed by atoms with Gasteiger partial charge in [0.1, 0.15) is 11.9 Å². The van der Waals surface area contributed by atoms with Crippen LogP contribution in [0.5, 0.6) is 0 Å². The first-order valence-corrected chi connectivity index (χ1v) is 7.12. The van der Waals surface area contributed by atoms with Crippen molar-refractivity contribution >= 4 is 35.1 Å². The molecule has 8 heteroatoms. The van der Waals surface area contributed by atoms with E-state index in [0.29, 0.717) is 22.5 Å². The van der Waals surface area contributed by atoms with Crippen LogP contribution in [0.25, 0.3) is 0 Å². The van der Waals surface area contributed by atoms with E-state index in [1.165, 1.54) is 4.68 Å². The standard InChI is InChI=1S/C14H14ClN5O2/c1-7-3-4-10(9(15)5-7)17-12(21)6-11-13(22)18-14-16-8(2)19-20(11)14/h3-5,11H,6H2,1-2H3,(H,17,21)(H,16,18,19,22)/t11-/m1/s1. The third-order valence-electron chi connectivity index (χ3n) is 3.35. The van der Waals surface area contributed by atoms with Crippen molar-refractivity contribution in [1.82, 2.24) is 14.8 Å². The van der Waals surface area contributed by atoms with Crippen molar-refractivity contribution in [1.29, 1.82) is 0 Å². The number of benzene rings is 1. The van der Waals surface area contributed by atoms with Gasteiger partial charge in [-0.25, -0.2) is 4.68 Å². The van der Waals surface area contributed by atoms with Crippen molar-refractivity contribution in [2.24, 2.45) is 0 Å². The lowest BCUT2D eigenvalue weighted by Crippen LogP contribution is -2.24. The number of hydrogen-bond donors (Lipinski definition) is 2. The van der Waals surface area contributed by atoms with Gasteiger partial charge in [0.15, 0.2) is 0 Å². The molecule has 0 bridgehead atoms. The van der Waals surface area contributed by atoms with Crippen LogP contribution < -0.4 is 10.6 Å². The Labute approximate surface area is 131 Å². The van der Waals surface area contributed by atoms with Crippen molar-refractivity contribution in [2.45, 2.75) is 26.3 Å². The Balaban J connectivity index is 1.73. The van der Waals surface area contributed by atoms with Crippen molar-refractivity contribution < 1.29 is 9.59 Å². The molecule has 0 spiro atoms. The molecule has 0 fully saturated rings. The number of nitrogens with zero attached hydrogens (tertiary/aromatic N) is 3. The predicted octanol–water partition coefficient (Wildman–Crippen LogP) is 2.07. The Morgan fingerprint density at radius 3 is 2.95 bits per heavy atom. The summed E-state index contributed by atoms with van der Waals surface area (Å²) < 4.78 is 1.44. The topological polar surface area (TPSA) is 88.9 Å². The lowest BCUT2D eigenvalue weighted by molar-refractivity contribution is -0.123. The molecular weight excluding hydrogens is 306 g/mol. The third kappa shape index (κ3) is 2.67. The molecule has 2 aromatic rings. The molecule has 0 unspecified atom stereocenters. The molecule has 1 aromatic heterocycles. The summed E-state index contributed by atoms with van der Waals surface area (Å²) in [4.78, 5) is 28.1. The number of aromatic nitrogens is 3. The molecular formula is C14H14ClN5O2. The summed E-state index contributed by atoms with van der Waals surface area (Å²) in [6.07, 6.45) is -0.0359. The minimum absolute atomic E-state index is 0.0359. The number of hydrogen-bond acceptors (Lipinski definition) is 4. The highest BCUT2D eigenvalue weighted by Crippen LogP contribution is 2.27. The molecule has 0 aliphatic carbocycles. The molecule has 114 valence electrons. The first kappa shape index (κ1) is 14.5. The summed E-state index contributed by atoms with van der Waals surface area (Å²) in [5.41, 5.74) is 1.52. The second-order valence-corrected chi connectivity index (χ2v) is 5.58. The Kier molecular flexibility index (Phi) is 3.58. The van der Waals surface area contributed by atoms with Crippen molar-refractivity contribution in [3.63, 3.8) is 0 Å². The van der Waals surface area contributed by atoms with Gasteiger partial charge in [0.2, 0.25) is 11.9 Å². The highest BCUT2D eigenvalue weighted by molar-refractivity contribution is 6.33. The Morgan fingerprint density at radius 1 is 1.45 bits per heavy atom. The van der Waals surface area contributed by atoms with Gasteiger partial charge in [0.05, 0.1) is 17.1 Å². The number of amides is 2. The summed E-state index contributed by atoms with van der Waals surface area (Å²) >= 11 is 6.08. The molecule has 3 rings (SSSR count). The molecule has 2 amide bonds. The van der Waals surface area contributed by atoms with Crippen molar-refractivity contribution in [2.75, 3.05) is 10.6 Å². The van der Waals surface area contributed by atoms with Gasteiger partial charge in [-0.3, -0.25) is 14.9 Å². The van der Waals surface area contributed by atoms with E-state index < -0.39 is 6.04 Å². The maximum absolute atomic E-state index is 12.2. The summed E-state index contributed by atoms with van der Waals surface area (Å²) in [7, 11) is 0. The van der Waals surface area contributed by atoms with Gasteiger partial charge < -0.3 is 5.32 Å². The third-order valence-corrected chi connectivity index (χ3v) is 3.66. The summed E-state index contributed by atoms with van der Waals surface area (Å²) in [5, 5.41) is 9.90. The van der Waals surface area contributed by atoms with Gasteiger partial charge in [0, 0.05) is 0 Å². The van der Waals surface area contributed by atoms with E-state index in [1.54, 1.807) is 19.1 Å². The average molecular weight is 320 g/mol. The zero-order valence-corrected chi connectivity index (χ0v) is 12.8. The molecule has 1 aliphatic rings. The molecule has 2 N–H and O–H groups in total. The SMILES string of the molecule is Cc1ccc(NC(=O)C[C@@H]2C(=O)Nc3nc(C)nn32)c(Cl)c1. The Bertz CT molecular complexity index is 771. The first-order chi connectivity index (χ1) is 10.4. The molecule has 1 aromatic carbocycles. The minimum Gasteiger partial charge on any atom is -0.325 e. The molecule has 0 saturated carbocycles. The summed E-state index contributed by atoms with van der Waals surface area (Å²) in [5.74, 6) is 0.308. The summed E-state index contributed by atoms with van der Waals surface area (Å²) in [6, 6.07) is 4.65. The highest BCUT2D eigenvalue weighted by Gasteiger charge is 2.34. The van der Waals surface area contributed by atoms with Gasteiger partial charge >= 0.3 is 0 Å². The maximum Gasteiger partial charge on any atom is 0.252 e.